The lowest BCUT2D eigenvalue weighted by Gasteiger charge is -2.25. The van der Waals surface area contributed by atoms with E-state index in [1.54, 1.807) is 21.1 Å². The molecule has 0 amide bonds. The molecule has 0 aliphatic rings. The Balaban J connectivity index is 2.05. The summed E-state index contributed by atoms with van der Waals surface area (Å²) in [5.74, 6) is 7.12. The number of carbonyl (C=O) groups excluding carboxylic acids is 1. The fourth-order valence-corrected chi connectivity index (χ4v) is 3.14. The van der Waals surface area contributed by atoms with E-state index in [1.807, 2.05) is 53.4 Å². The number of aromatic nitrogens is 2. The Morgan fingerprint density at radius 3 is 1.88 bits per heavy atom. The molecular weight excluding hydrogens is 406 g/mol. The van der Waals surface area contributed by atoms with E-state index in [1.165, 1.54) is 13.3 Å². The first-order valence-corrected chi connectivity index (χ1v) is 9.96. The molecule has 0 saturated carbocycles. The molecule has 1 heterocycles. The average Bonchev–Trinajstić information content (AvgIpc) is 2.84. The van der Waals surface area contributed by atoms with Crippen LogP contribution in [0.1, 0.15) is 34.2 Å². The van der Waals surface area contributed by atoms with Crippen molar-refractivity contribution < 1.29 is 19.0 Å². The Bertz CT molecular complexity index is 1070. The van der Waals surface area contributed by atoms with Crippen molar-refractivity contribution in [3.8, 4) is 23.3 Å². The molecule has 0 bridgehead atoms. The molecule has 0 atom stereocenters. The van der Waals surface area contributed by atoms with Crippen LogP contribution in [0.25, 0.3) is 0 Å². The van der Waals surface area contributed by atoms with Gasteiger partial charge in [0, 0.05) is 13.1 Å². The first-order valence-electron chi connectivity index (χ1n) is 9.96. The number of anilines is 1. The van der Waals surface area contributed by atoms with Gasteiger partial charge >= 0.3 is 5.97 Å². The predicted molar refractivity (Wildman–Crippen MR) is 122 cm³/mol. The van der Waals surface area contributed by atoms with Crippen molar-refractivity contribution in [1.82, 2.24) is 9.97 Å². The van der Waals surface area contributed by atoms with Crippen LogP contribution >= 0.6 is 0 Å². The molecule has 0 spiro atoms. The third kappa shape index (κ3) is 5.55. The van der Waals surface area contributed by atoms with Crippen molar-refractivity contribution >= 4 is 11.8 Å². The summed E-state index contributed by atoms with van der Waals surface area (Å²) in [6.45, 7) is 2.69. The van der Waals surface area contributed by atoms with Crippen LogP contribution in [-0.4, -0.2) is 37.3 Å². The van der Waals surface area contributed by atoms with E-state index in [9.17, 15) is 4.79 Å². The van der Waals surface area contributed by atoms with Crippen LogP contribution in [0.3, 0.4) is 0 Å². The Kier molecular flexibility index (Phi) is 7.65. The molecule has 2 aromatic carbocycles. The maximum absolute atomic E-state index is 12.5. The van der Waals surface area contributed by atoms with Crippen LogP contribution in [0, 0.1) is 11.8 Å². The van der Waals surface area contributed by atoms with Gasteiger partial charge in [-0.25, -0.2) is 14.8 Å². The normalized spacial score (nSPS) is 10.0. The summed E-state index contributed by atoms with van der Waals surface area (Å²) in [7, 11) is 4.58. The maximum Gasteiger partial charge on any atom is 0.360 e. The number of carbonyl (C=O) groups is 1. The van der Waals surface area contributed by atoms with Gasteiger partial charge in [-0.05, 0) is 48.2 Å². The van der Waals surface area contributed by atoms with Gasteiger partial charge in [-0.2, -0.15) is 0 Å². The molecule has 7 nitrogen and oxygen atoms in total. The van der Waals surface area contributed by atoms with Crippen LogP contribution < -0.4 is 14.4 Å². The summed E-state index contributed by atoms with van der Waals surface area (Å²) >= 11 is 0. The van der Waals surface area contributed by atoms with Crippen molar-refractivity contribution in [2.24, 2.45) is 0 Å². The largest absolute Gasteiger partial charge is 0.497 e. The topological polar surface area (TPSA) is 73.8 Å². The van der Waals surface area contributed by atoms with Crippen molar-refractivity contribution in [3.05, 3.63) is 77.2 Å². The highest BCUT2D eigenvalue weighted by Crippen LogP contribution is 2.24. The van der Waals surface area contributed by atoms with Crippen LogP contribution in [0.4, 0.5) is 5.82 Å². The van der Waals surface area contributed by atoms with Gasteiger partial charge in [0.25, 0.3) is 0 Å². The second-order valence-corrected chi connectivity index (χ2v) is 6.85. The number of esters is 1. The zero-order valence-electron chi connectivity index (χ0n) is 18.6. The molecule has 0 aliphatic carbocycles. The molecule has 0 fully saturated rings. The van der Waals surface area contributed by atoms with Crippen LogP contribution in [0.2, 0.25) is 0 Å². The fraction of sp³-hybridized carbons (Fsp3) is 0.240. The first-order chi connectivity index (χ1) is 15.6. The summed E-state index contributed by atoms with van der Waals surface area (Å²) in [4.78, 5) is 23.4. The lowest BCUT2D eigenvalue weighted by molar-refractivity contribution is 0.0594. The highest BCUT2D eigenvalue weighted by Gasteiger charge is 2.22. The molecule has 0 unspecified atom stereocenters. The van der Waals surface area contributed by atoms with Gasteiger partial charge in [-0.15, -0.1) is 0 Å². The van der Waals surface area contributed by atoms with Crippen LogP contribution in [0.15, 0.2) is 54.7 Å². The molecule has 0 saturated heterocycles. The number of hydrogen-bond acceptors (Lipinski definition) is 7. The van der Waals surface area contributed by atoms with Crippen LogP contribution in [0.5, 0.6) is 11.5 Å². The van der Waals surface area contributed by atoms with Gasteiger partial charge in [0.05, 0.1) is 27.5 Å². The average molecular weight is 431 g/mol. The van der Waals surface area contributed by atoms with E-state index in [0.717, 1.165) is 22.6 Å². The number of hydrogen-bond donors (Lipinski definition) is 0. The van der Waals surface area contributed by atoms with Gasteiger partial charge in [-0.1, -0.05) is 30.2 Å². The third-order valence-electron chi connectivity index (χ3n) is 4.75. The Labute approximate surface area is 188 Å². The number of methoxy groups -OCH3 is 3. The molecule has 0 N–H and O–H groups in total. The molecule has 32 heavy (non-hydrogen) atoms. The summed E-state index contributed by atoms with van der Waals surface area (Å²) in [5, 5.41) is 0. The van der Waals surface area contributed by atoms with Crippen molar-refractivity contribution in [2.45, 2.75) is 20.0 Å². The molecule has 0 aliphatic heterocycles. The van der Waals surface area contributed by atoms with Gasteiger partial charge < -0.3 is 19.1 Å². The monoisotopic (exact) mass is 431 g/mol. The summed E-state index contributed by atoms with van der Waals surface area (Å²) in [6, 6.07) is 15.5. The summed E-state index contributed by atoms with van der Waals surface area (Å²) in [5.41, 5.74) is 2.65. The van der Waals surface area contributed by atoms with E-state index < -0.39 is 5.97 Å². The van der Waals surface area contributed by atoms with Gasteiger partial charge in [0.15, 0.2) is 11.5 Å². The quantitative estimate of drug-likeness (QED) is 0.396. The highest BCUT2D eigenvalue weighted by atomic mass is 16.5. The number of ether oxygens (including phenoxy) is 3. The standard InChI is InChI=1S/C25H25N3O4/c1-5-6-20-15-26-23(25(29)32-4)24(27-20)28(16-18-7-11-21(30-2)12-8-18)17-19-9-13-22(31-3)14-10-19/h7-15H,16-17H2,1-4H3. The SMILES string of the molecule is CC#Cc1cnc(C(=O)OC)c(N(Cc2ccc(OC)cc2)Cc2ccc(OC)cc2)n1. The second kappa shape index (κ2) is 10.8. The smallest absolute Gasteiger partial charge is 0.360 e. The minimum Gasteiger partial charge on any atom is -0.497 e. The lowest BCUT2D eigenvalue weighted by Crippen LogP contribution is -2.26. The Morgan fingerprint density at radius 2 is 1.44 bits per heavy atom. The first kappa shape index (κ1) is 22.6. The Morgan fingerprint density at radius 1 is 0.906 bits per heavy atom. The molecule has 0 radical (unpaired) electrons. The van der Waals surface area contributed by atoms with Gasteiger partial charge in [0.1, 0.15) is 17.2 Å². The van der Waals surface area contributed by atoms with Gasteiger partial charge in [0.2, 0.25) is 0 Å². The Hall–Kier alpha value is -4.05. The van der Waals surface area contributed by atoms with E-state index in [0.29, 0.717) is 24.6 Å². The number of benzene rings is 2. The molecular formula is C25H25N3O4. The zero-order valence-corrected chi connectivity index (χ0v) is 18.6. The van der Waals surface area contributed by atoms with Gasteiger partial charge in [-0.3, -0.25) is 0 Å². The lowest BCUT2D eigenvalue weighted by atomic mass is 10.1. The van der Waals surface area contributed by atoms with E-state index in [-0.39, 0.29) is 5.69 Å². The molecule has 164 valence electrons. The minimum atomic E-state index is -0.557. The summed E-state index contributed by atoms with van der Waals surface area (Å²) in [6.07, 6.45) is 1.48. The molecule has 1 aromatic heterocycles. The fourth-order valence-electron chi connectivity index (χ4n) is 3.14. The van der Waals surface area contributed by atoms with Crippen LogP contribution in [-0.2, 0) is 17.8 Å². The summed E-state index contributed by atoms with van der Waals surface area (Å²) < 4.78 is 15.5. The second-order valence-electron chi connectivity index (χ2n) is 6.85. The number of nitrogens with zero attached hydrogens (tertiary/aromatic N) is 3. The van der Waals surface area contributed by atoms with Crippen molar-refractivity contribution in [2.75, 3.05) is 26.2 Å². The van der Waals surface area contributed by atoms with Crippen molar-refractivity contribution in [3.63, 3.8) is 0 Å². The molecule has 7 heteroatoms. The van der Waals surface area contributed by atoms with E-state index in [2.05, 4.69) is 21.8 Å². The molecule has 3 aromatic rings. The minimum absolute atomic E-state index is 0.135. The third-order valence-corrected chi connectivity index (χ3v) is 4.75. The molecule has 3 rings (SSSR count). The zero-order chi connectivity index (χ0) is 22.9. The maximum atomic E-state index is 12.5. The predicted octanol–water partition coefficient (Wildman–Crippen LogP) is 3.86. The highest BCUT2D eigenvalue weighted by molar-refractivity contribution is 5.92. The van der Waals surface area contributed by atoms with Crippen molar-refractivity contribution in [1.29, 1.82) is 0 Å². The van der Waals surface area contributed by atoms with E-state index in [4.69, 9.17) is 14.2 Å². The number of rotatable bonds is 8. The van der Waals surface area contributed by atoms with E-state index >= 15 is 0 Å².